The van der Waals surface area contributed by atoms with Crippen LogP contribution in [0.25, 0.3) is 0 Å². The van der Waals surface area contributed by atoms with E-state index in [-0.39, 0.29) is 12.4 Å². The first kappa shape index (κ1) is 25.4. The molecule has 2 aromatic heterocycles. The zero-order valence-electron chi connectivity index (χ0n) is 19.2. The van der Waals surface area contributed by atoms with Gasteiger partial charge in [0.15, 0.2) is 11.6 Å². The molecular formula is C26H24BrCl2N3O3. The van der Waals surface area contributed by atoms with Crippen molar-refractivity contribution in [3.05, 3.63) is 98.0 Å². The summed E-state index contributed by atoms with van der Waals surface area (Å²) in [6, 6.07) is 16.8. The van der Waals surface area contributed by atoms with Gasteiger partial charge in [0, 0.05) is 6.20 Å². The largest absolute Gasteiger partial charge is 0.486 e. The molecule has 0 aliphatic carbocycles. The highest BCUT2D eigenvalue weighted by Gasteiger charge is 2.16. The first-order chi connectivity index (χ1) is 16.8. The van der Waals surface area contributed by atoms with Crippen molar-refractivity contribution < 1.29 is 13.9 Å². The fourth-order valence-corrected chi connectivity index (χ4v) is 4.15. The van der Waals surface area contributed by atoms with Crippen LogP contribution in [0.15, 0.2) is 69.7 Å². The normalized spacial score (nSPS) is 11.9. The van der Waals surface area contributed by atoms with Gasteiger partial charge in [-0.15, -0.1) is 0 Å². The number of nitrogens with zero attached hydrogens (tertiary/aromatic N) is 2. The van der Waals surface area contributed by atoms with Gasteiger partial charge in [0.25, 0.3) is 5.91 Å². The van der Waals surface area contributed by atoms with E-state index < -0.39 is 5.91 Å². The van der Waals surface area contributed by atoms with Crippen LogP contribution in [-0.4, -0.2) is 15.7 Å². The molecule has 0 aliphatic heterocycles. The monoisotopic (exact) mass is 575 g/mol. The molecule has 2 aromatic carbocycles. The van der Waals surface area contributed by atoms with Crippen molar-refractivity contribution in [3.8, 4) is 5.75 Å². The minimum Gasteiger partial charge on any atom is -0.486 e. The van der Waals surface area contributed by atoms with E-state index in [1.807, 2.05) is 18.2 Å². The summed E-state index contributed by atoms with van der Waals surface area (Å²) < 4.78 is 13.8. The van der Waals surface area contributed by atoms with E-state index in [4.69, 9.17) is 32.4 Å². The molecule has 0 fully saturated rings. The lowest BCUT2D eigenvalue weighted by atomic mass is 9.99. The molecule has 4 aromatic rings. The van der Waals surface area contributed by atoms with E-state index in [0.29, 0.717) is 38.6 Å². The maximum absolute atomic E-state index is 12.7. The van der Waals surface area contributed by atoms with E-state index in [1.54, 1.807) is 35.1 Å². The number of rotatable bonds is 9. The Balaban J connectivity index is 1.34. The number of ether oxygens (including phenoxy) is 1. The number of aromatic nitrogens is 2. The van der Waals surface area contributed by atoms with Crippen molar-refractivity contribution >= 4 is 50.9 Å². The number of benzene rings is 2. The van der Waals surface area contributed by atoms with Gasteiger partial charge in [-0.25, -0.2) is 0 Å². The van der Waals surface area contributed by atoms with Crippen LogP contribution in [0.1, 0.15) is 53.6 Å². The highest BCUT2D eigenvalue weighted by atomic mass is 79.9. The summed E-state index contributed by atoms with van der Waals surface area (Å²) >= 11 is 15.5. The van der Waals surface area contributed by atoms with Crippen LogP contribution < -0.4 is 10.1 Å². The Kier molecular flexibility index (Phi) is 8.21. The third-order valence-electron chi connectivity index (χ3n) is 5.61. The number of furan rings is 1. The Morgan fingerprint density at radius 1 is 1.14 bits per heavy atom. The molecule has 0 radical (unpaired) electrons. The van der Waals surface area contributed by atoms with Crippen molar-refractivity contribution in [2.75, 3.05) is 5.32 Å². The molecule has 0 saturated heterocycles. The van der Waals surface area contributed by atoms with Crippen LogP contribution in [0, 0.1) is 0 Å². The lowest BCUT2D eigenvalue weighted by molar-refractivity contribution is 0.0992. The molecule has 2 heterocycles. The second kappa shape index (κ2) is 11.3. The second-order valence-corrected chi connectivity index (χ2v) is 9.83. The van der Waals surface area contributed by atoms with Gasteiger partial charge in [0.1, 0.15) is 18.1 Å². The van der Waals surface area contributed by atoms with Crippen molar-refractivity contribution in [3.63, 3.8) is 0 Å². The van der Waals surface area contributed by atoms with Crippen molar-refractivity contribution in [2.45, 2.75) is 39.3 Å². The minimum absolute atomic E-state index is 0.168. The van der Waals surface area contributed by atoms with E-state index in [9.17, 15) is 4.79 Å². The SMILES string of the molecule is CCC(C)c1ccc(OCc2ccc(C(=O)Nc3nn(Cc4ccc(Cl)c(Cl)c4)cc3Br)o2)cc1. The Labute approximate surface area is 222 Å². The van der Waals surface area contributed by atoms with Crippen LogP contribution in [0.5, 0.6) is 5.75 Å². The Morgan fingerprint density at radius 2 is 1.91 bits per heavy atom. The number of carbonyl (C=O) groups excluding carboxylic acids is 1. The lowest BCUT2D eigenvalue weighted by Crippen LogP contribution is -2.12. The summed E-state index contributed by atoms with van der Waals surface area (Å²) in [6.45, 7) is 5.05. The fraction of sp³-hybridized carbons (Fsp3) is 0.231. The molecule has 9 heteroatoms. The number of carbonyl (C=O) groups is 1. The van der Waals surface area contributed by atoms with Gasteiger partial charge in [-0.3, -0.25) is 9.48 Å². The van der Waals surface area contributed by atoms with Crippen molar-refractivity contribution in [1.82, 2.24) is 9.78 Å². The molecule has 0 bridgehead atoms. The number of nitrogens with one attached hydrogen (secondary N) is 1. The molecule has 1 atom stereocenters. The molecule has 1 unspecified atom stereocenters. The second-order valence-electron chi connectivity index (χ2n) is 8.16. The van der Waals surface area contributed by atoms with Gasteiger partial charge in [-0.05, 0) is 75.8 Å². The van der Waals surface area contributed by atoms with Crippen molar-refractivity contribution in [2.24, 2.45) is 0 Å². The van der Waals surface area contributed by atoms with Crippen LogP contribution in [0.3, 0.4) is 0 Å². The van der Waals surface area contributed by atoms with E-state index in [2.05, 4.69) is 52.3 Å². The molecular weight excluding hydrogens is 553 g/mol. The van der Waals surface area contributed by atoms with Gasteiger partial charge < -0.3 is 14.5 Å². The summed E-state index contributed by atoms with van der Waals surface area (Å²) in [7, 11) is 0. The molecule has 1 N–H and O–H groups in total. The Morgan fingerprint density at radius 3 is 2.63 bits per heavy atom. The zero-order valence-corrected chi connectivity index (χ0v) is 22.3. The summed E-state index contributed by atoms with van der Waals surface area (Å²) in [6.07, 6.45) is 2.86. The van der Waals surface area contributed by atoms with Gasteiger partial charge in [0.2, 0.25) is 0 Å². The highest BCUT2D eigenvalue weighted by Crippen LogP contribution is 2.26. The maximum atomic E-state index is 12.7. The van der Waals surface area contributed by atoms with Gasteiger partial charge in [0.05, 0.1) is 21.1 Å². The maximum Gasteiger partial charge on any atom is 0.292 e. The molecule has 0 aliphatic rings. The first-order valence-electron chi connectivity index (χ1n) is 11.1. The average Bonchev–Trinajstić information content (AvgIpc) is 3.46. The number of amides is 1. The lowest BCUT2D eigenvalue weighted by Gasteiger charge is -2.10. The van der Waals surface area contributed by atoms with Gasteiger partial charge in [-0.1, -0.05) is 55.2 Å². The summed E-state index contributed by atoms with van der Waals surface area (Å²) in [5.74, 6) is 1.95. The minimum atomic E-state index is -0.408. The van der Waals surface area contributed by atoms with Crippen LogP contribution >= 0.6 is 39.1 Å². The molecule has 4 rings (SSSR count). The topological polar surface area (TPSA) is 69.3 Å². The predicted octanol–water partition coefficient (Wildman–Crippen LogP) is 7.94. The quantitative estimate of drug-likeness (QED) is 0.219. The van der Waals surface area contributed by atoms with E-state index >= 15 is 0 Å². The third-order valence-corrected chi connectivity index (χ3v) is 6.92. The summed E-state index contributed by atoms with van der Waals surface area (Å²) in [5, 5.41) is 8.16. The highest BCUT2D eigenvalue weighted by molar-refractivity contribution is 9.10. The molecule has 182 valence electrons. The average molecular weight is 577 g/mol. The smallest absolute Gasteiger partial charge is 0.292 e. The molecule has 35 heavy (non-hydrogen) atoms. The summed E-state index contributed by atoms with van der Waals surface area (Å²) in [5.41, 5.74) is 2.21. The Hall–Kier alpha value is -2.74. The third kappa shape index (κ3) is 6.48. The molecule has 0 spiro atoms. The molecule has 0 saturated carbocycles. The predicted molar refractivity (Wildman–Crippen MR) is 142 cm³/mol. The number of halogens is 3. The first-order valence-corrected chi connectivity index (χ1v) is 12.7. The molecule has 6 nitrogen and oxygen atoms in total. The number of hydrogen-bond acceptors (Lipinski definition) is 4. The standard InChI is InChI=1S/C26H24BrCl2N3O3/c1-3-16(2)18-5-7-19(8-6-18)34-15-20-9-11-24(35-20)26(33)30-25-21(27)14-32(31-25)13-17-4-10-22(28)23(29)12-17/h4-12,14,16H,3,13,15H2,1-2H3,(H,30,31,33). The van der Waals surface area contributed by atoms with E-state index in [0.717, 1.165) is 17.7 Å². The van der Waals surface area contributed by atoms with Crippen LogP contribution in [0.4, 0.5) is 5.82 Å². The Bertz CT molecular complexity index is 1320. The van der Waals surface area contributed by atoms with E-state index in [1.165, 1.54) is 5.56 Å². The summed E-state index contributed by atoms with van der Waals surface area (Å²) in [4.78, 5) is 12.7. The molecule has 1 amide bonds. The number of hydrogen-bond donors (Lipinski definition) is 1. The zero-order chi connectivity index (χ0) is 24.9. The van der Waals surface area contributed by atoms with Gasteiger partial charge >= 0.3 is 0 Å². The van der Waals surface area contributed by atoms with Crippen LogP contribution in [0.2, 0.25) is 10.0 Å². The fourth-order valence-electron chi connectivity index (χ4n) is 3.42. The van der Waals surface area contributed by atoms with Gasteiger partial charge in [-0.2, -0.15) is 5.10 Å². The van der Waals surface area contributed by atoms with Crippen molar-refractivity contribution in [1.29, 1.82) is 0 Å². The number of anilines is 1. The van der Waals surface area contributed by atoms with Crippen LogP contribution in [-0.2, 0) is 13.2 Å².